The van der Waals surface area contributed by atoms with Crippen LogP contribution in [0.25, 0.3) is 0 Å². The Hall–Kier alpha value is 0. The molecule has 0 heterocycles. The molecule has 14 heavy (non-hydrogen) atoms. The van der Waals surface area contributed by atoms with Gasteiger partial charge in [0.05, 0.1) is 0 Å². The van der Waals surface area contributed by atoms with Crippen LogP contribution in [0.4, 0.5) is 0 Å². The predicted octanol–water partition coefficient (Wildman–Crippen LogP) is 4.39. The minimum absolute atomic E-state index is 0.909. The first-order valence-corrected chi connectivity index (χ1v) is 6.78. The molecule has 0 N–H and O–H groups in total. The minimum atomic E-state index is 0.909. The standard InChI is InChI=1S/C14H24/c1-11-4-5-12(8-11)9-13-10-14(13)6-2-3-7-14/h11-13H,2-10H2,1H3. The van der Waals surface area contributed by atoms with E-state index in [1.165, 1.54) is 25.2 Å². The molecule has 3 unspecified atom stereocenters. The van der Waals surface area contributed by atoms with Gasteiger partial charge in [0.15, 0.2) is 0 Å². The Bertz CT molecular complexity index is 212. The molecule has 0 amide bonds. The highest BCUT2D eigenvalue weighted by Gasteiger charge is 2.54. The summed E-state index contributed by atoms with van der Waals surface area (Å²) in [5.74, 6) is 3.33. The molecule has 0 saturated heterocycles. The van der Waals surface area contributed by atoms with Crippen LogP contribution in [0.15, 0.2) is 0 Å². The highest BCUT2D eigenvalue weighted by atomic mass is 14.6. The van der Waals surface area contributed by atoms with E-state index in [1.54, 1.807) is 38.5 Å². The second kappa shape index (κ2) is 3.25. The van der Waals surface area contributed by atoms with Gasteiger partial charge in [0.1, 0.15) is 0 Å². The van der Waals surface area contributed by atoms with Crippen LogP contribution in [0.2, 0.25) is 0 Å². The van der Waals surface area contributed by atoms with Crippen molar-refractivity contribution in [2.75, 3.05) is 0 Å². The second-order valence-corrected chi connectivity index (χ2v) is 6.49. The molecule has 0 nitrogen and oxygen atoms in total. The van der Waals surface area contributed by atoms with Gasteiger partial charge >= 0.3 is 0 Å². The Morgan fingerprint density at radius 2 is 1.93 bits per heavy atom. The van der Waals surface area contributed by atoms with Crippen molar-refractivity contribution in [2.24, 2.45) is 23.2 Å². The smallest absolute Gasteiger partial charge is 0.0266 e. The summed E-state index contributed by atoms with van der Waals surface area (Å²) in [4.78, 5) is 0. The number of rotatable bonds is 2. The molecule has 0 aromatic rings. The molecule has 3 fully saturated rings. The Balaban J connectivity index is 1.50. The van der Waals surface area contributed by atoms with Crippen molar-refractivity contribution in [3.63, 3.8) is 0 Å². The zero-order valence-corrected chi connectivity index (χ0v) is 9.60. The van der Waals surface area contributed by atoms with Gasteiger partial charge in [-0.2, -0.15) is 0 Å². The molecule has 0 bridgehead atoms. The van der Waals surface area contributed by atoms with Crippen LogP contribution in [0.5, 0.6) is 0 Å². The van der Waals surface area contributed by atoms with E-state index < -0.39 is 0 Å². The van der Waals surface area contributed by atoms with Crippen molar-refractivity contribution in [2.45, 2.75) is 64.7 Å². The predicted molar refractivity (Wildman–Crippen MR) is 60.1 cm³/mol. The zero-order chi connectivity index (χ0) is 9.60. The quantitative estimate of drug-likeness (QED) is 0.608. The normalized spacial score (nSPS) is 44.8. The minimum Gasteiger partial charge on any atom is -0.0625 e. The van der Waals surface area contributed by atoms with Gasteiger partial charge in [-0.15, -0.1) is 0 Å². The first kappa shape index (κ1) is 9.24. The molecule has 80 valence electrons. The first-order chi connectivity index (χ1) is 6.78. The van der Waals surface area contributed by atoms with E-state index >= 15 is 0 Å². The van der Waals surface area contributed by atoms with Crippen molar-refractivity contribution >= 4 is 0 Å². The fourth-order valence-electron chi connectivity index (χ4n) is 4.40. The van der Waals surface area contributed by atoms with Crippen molar-refractivity contribution in [3.05, 3.63) is 0 Å². The molecular formula is C14H24. The zero-order valence-electron chi connectivity index (χ0n) is 9.60. The van der Waals surface area contributed by atoms with Gasteiger partial charge in [-0.1, -0.05) is 32.6 Å². The van der Waals surface area contributed by atoms with Gasteiger partial charge in [-0.3, -0.25) is 0 Å². The molecule has 3 aliphatic carbocycles. The lowest BCUT2D eigenvalue weighted by Crippen LogP contribution is -2.02. The average molecular weight is 192 g/mol. The summed E-state index contributed by atoms with van der Waals surface area (Å²) in [5.41, 5.74) is 0.909. The number of hydrogen-bond acceptors (Lipinski definition) is 0. The van der Waals surface area contributed by atoms with Gasteiger partial charge in [-0.25, -0.2) is 0 Å². The third-order valence-corrected chi connectivity index (χ3v) is 5.38. The summed E-state index contributed by atoms with van der Waals surface area (Å²) in [7, 11) is 0. The van der Waals surface area contributed by atoms with Crippen LogP contribution >= 0.6 is 0 Å². The SMILES string of the molecule is CC1CCC(CC2CC23CCCC3)C1. The third-order valence-electron chi connectivity index (χ3n) is 5.38. The lowest BCUT2D eigenvalue weighted by atomic mass is 9.93. The molecule has 3 saturated carbocycles. The second-order valence-electron chi connectivity index (χ2n) is 6.49. The van der Waals surface area contributed by atoms with Crippen LogP contribution in [0.1, 0.15) is 64.7 Å². The largest absolute Gasteiger partial charge is 0.0625 e. The van der Waals surface area contributed by atoms with Crippen LogP contribution in [0.3, 0.4) is 0 Å². The Kier molecular flexibility index (Phi) is 2.15. The Morgan fingerprint density at radius 1 is 1.14 bits per heavy atom. The van der Waals surface area contributed by atoms with E-state index in [0.29, 0.717) is 0 Å². The molecule has 3 rings (SSSR count). The van der Waals surface area contributed by atoms with Gasteiger partial charge in [0.2, 0.25) is 0 Å². The maximum atomic E-state index is 2.44. The fraction of sp³-hybridized carbons (Fsp3) is 1.00. The summed E-state index contributed by atoms with van der Waals surface area (Å²) < 4.78 is 0. The molecule has 3 aliphatic rings. The van der Waals surface area contributed by atoms with Gasteiger partial charge in [0.25, 0.3) is 0 Å². The van der Waals surface area contributed by atoms with E-state index in [0.717, 1.165) is 17.3 Å². The summed E-state index contributed by atoms with van der Waals surface area (Å²) in [6.07, 6.45) is 14.1. The van der Waals surface area contributed by atoms with Crippen molar-refractivity contribution in [1.29, 1.82) is 0 Å². The maximum Gasteiger partial charge on any atom is -0.0266 e. The van der Waals surface area contributed by atoms with Crippen LogP contribution < -0.4 is 0 Å². The van der Waals surface area contributed by atoms with Crippen molar-refractivity contribution in [3.8, 4) is 0 Å². The molecule has 3 atom stereocenters. The molecular weight excluding hydrogens is 168 g/mol. The Morgan fingerprint density at radius 3 is 2.57 bits per heavy atom. The third kappa shape index (κ3) is 1.51. The van der Waals surface area contributed by atoms with E-state index in [-0.39, 0.29) is 0 Å². The van der Waals surface area contributed by atoms with Crippen LogP contribution in [-0.4, -0.2) is 0 Å². The van der Waals surface area contributed by atoms with Gasteiger partial charge in [-0.05, 0) is 55.3 Å². The van der Waals surface area contributed by atoms with Crippen LogP contribution in [-0.2, 0) is 0 Å². The molecule has 0 aliphatic heterocycles. The fourth-order valence-corrected chi connectivity index (χ4v) is 4.40. The summed E-state index contributed by atoms with van der Waals surface area (Å²) in [6, 6.07) is 0. The molecule has 0 heteroatoms. The van der Waals surface area contributed by atoms with Crippen LogP contribution in [0, 0.1) is 23.2 Å². The molecule has 0 aromatic carbocycles. The van der Waals surface area contributed by atoms with E-state index in [2.05, 4.69) is 6.92 Å². The summed E-state index contributed by atoms with van der Waals surface area (Å²) in [5, 5.41) is 0. The lowest BCUT2D eigenvalue weighted by molar-refractivity contribution is 0.383. The highest BCUT2D eigenvalue weighted by Crippen LogP contribution is 2.65. The molecule has 1 spiro atoms. The monoisotopic (exact) mass is 192 g/mol. The molecule has 0 aromatic heterocycles. The molecule has 0 radical (unpaired) electrons. The van der Waals surface area contributed by atoms with Gasteiger partial charge < -0.3 is 0 Å². The van der Waals surface area contributed by atoms with E-state index in [4.69, 9.17) is 0 Å². The van der Waals surface area contributed by atoms with E-state index in [9.17, 15) is 0 Å². The number of hydrogen-bond donors (Lipinski definition) is 0. The maximum absolute atomic E-state index is 2.44. The first-order valence-electron chi connectivity index (χ1n) is 6.78. The average Bonchev–Trinajstić information content (AvgIpc) is 2.52. The lowest BCUT2D eigenvalue weighted by Gasteiger charge is -2.12. The van der Waals surface area contributed by atoms with Crippen molar-refractivity contribution in [1.82, 2.24) is 0 Å². The van der Waals surface area contributed by atoms with Gasteiger partial charge in [0, 0.05) is 0 Å². The Labute approximate surface area is 88.5 Å². The van der Waals surface area contributed by atoms with Crippen molar-refractivity contribution < 1.29 is 0 Å². The highest BCUT2D eigenvalue weighted by molar-refractivity contribution is 5.05. The van der Waals surface area contributed by atoms with E-state index in [1.807, 2.05) is 0 Å². The topological polar surface area (TPSA) is 0 Å². The summed E-state index contributed by atoms with van der Waals surface area (Å²) >= 11 is 0. The summed E-state index contributed by atoms with van der Waals surface area (Å²) in [6.45, 7) is 2.44.